The lowest BCUT2D eigenvalue weighted by atomic mass is 10.2. The van der Waals surface area contributed by atoms with Crippen molar-refractivity contribution in [1.82, 2.24) is 0 Å². The maximum atomic E-state index is 11.0. The van der Waals surface area contributed by atoms with Gasteiger partial charge >= 0.3 is 5.97 Å². The number of carboxylic acids is 1. The van der Waals surface area contributed by atoms with Gasteiger partial charge in [-0.2, -0.15) is 0 Å². The Balaban J connectivity index is 2.27. The van der Waals surface area contributed by atoms with Gasteiger partial charge in [-0.3, -0.25) is 0 Å². The van der Waals surface area contributed by atoms with Gasteiger partial charge in [0.2, 0.25) is 0 Å². The summed E-state index contributed by atoms with van der Waals surface area (Å²) >= 11 is 10.5. The van der Waals surface area contributed by atoms with Gasteiger partial charge < -0.3 is 5.11 Å². The summed E-state index contributed by atoms with van der Waals surface area (Å²) in [6.07, 6.45) is 0. The van der Waals surface area contributed by atoms with E-state index in [1.54, 1.807) is 24.3 Å². The molecular weight excluding hydrogens is 336 g/mol. The highest BCUT2D eigenvalue weighted by Gasteiger charge is 2.09. The van der Waals surface area contributed by atoms with Crippen LogP contribution >= 0.6 is 39.3 Å². The van der Waals surface area contributed by atoms with Crippen molar-refractivity contribution in [2.45, 2.75) is 9.79 Å². The molecule has 0 saturated heterocycles. The lowest BCUT2D eigenvalue weighted by Gasteiger charge is -2.04. The Morgan fingerprint density at radius 2 is 1.72 bits per heavy atom. The Morgan fingerprint density at radius 3 is 2.33 bits per heavy atom. The van der Waals surface area contributed by atoms with Gasteiger partial charge in [0.05, 0.1) is 5.56 Å². The van der Waals surface area contributed by atoms with E-state index in [0.29, 0.717) is 9.50 Å². The minimum Gasteiger partial charge on any atom is -0.478 e. The molecule has 2 rings (SSSR count). The van der Waals surface area contributed by atoms with E-state index in [2.05, 4.69) is 15.9 Å². The zero-order valence-electron chi connectivity index (χ0n) is 9.06. The number of hydrogen-bond donors (Lipinski definition) is 1. The topological polar surface area (TPSA) is 37.3 Å². The van der Waals surface area contributed by atoms with Crippen LogP contribution in [0.1, 0.15) is 10.4 Å². The van der Waals surface area contributed by atoms with Gasteiger partial charge in [0.25, 0.3) is 0 Å². The van der Waals surface area contributed by atoms with E-state index >= 15 is 0 Å². The van der Waals surface area contributed by atoms with Gasteiger partial charge in [0.15, 0.2) is 0 Å². The average Bonchev–Trinajstić information content (AvgIpc) is 2.34. The molecule has 0 saturated carbocycles. The molecule has 0 atom stereocenters. The van der Waals surface area contributed by atoms with E-state index in [-0.39, 0.29) is 5.56 Å². The summed E-state index contributed by atoms with van der Waals surface area (Å²) in [6.45, 7) is 0. The predicted octanol–water partition coefficient (Wildman–Crippen LogP) is 4.95. The SMILES string of the molecule is O=C(O)c1cc(Sc2ccc(Cl)cc2)ccc1Br. The third kappa shape index (κ3) is 3.28. The summed E-state index contributed by atoms with van der Waals surface area (Å²) in [7, 11) is 0. The molecule has 0 heterocycles. The quantitative estimate of drug-likeness (QED) is 0.856. The molecule has 0 aliphatic rings. The van der Waals surface area contributed by atoms with Crippen molar-refractivity contribution in [2.24, 2.45) is 0 Å². The van der Waals surface area contributed by atoms with Crippen LogP contribution in [0.5, 0.6) is 0 Å². The van der Waals surface area contributed by atoms with Crippen molar-refractivity contribution in [2.75, 3.05) is 0 Å². The van der Waals surface area contributed by atoms with Crippen LogP contribution in [0.25, 0.3) is 0 Å². The molecule has 0 aliphatic carbocycles. The molecule has 18 heavy (non-hydrogen) atoms. The summed E-state index contributed by atoms with van der Waals surface area (Å²) in [5.41, 5.74) is 0.258. The van der Waals surface area contributed by atoms with Crippen LogP contribution in [-0.2, 0) is 0 Å². The van der Waals surface area contributed by atoms with E-state index in [1.165, 1.54) is 11.8 Å². The molecule has 0 aromatic heterocycles. The molecule has 1 N–H and O–H groups in total. The van der Waals surface area contributed by atoms with Gasteiger partial charge in [-0.1, -0.05) is 23.4 Å². The maximum absolute atomic E-state index is 11.0. The zero-order valence-corrected chi connectivity index (χ0v) is 12.2. The third-order valence-corrected chi connectivity index (χ3v) is 4.16. The van der Waals surface area contributed by atoms with E-state index in [4.69, 9.17) is 16.7 Å². The van der Waals surface area contributed by atoms with Crippen molar-refractivity contribution in [3.05, 3.63) is 57.5 Å². The lowest BCUT2D eigenvalue weighted by Crippen LogP contribution is -1.97. The van der Waals surface area contributed by atoms with Crippen LogP contribution < -0.4 is 0 Å². The first-order chi connectivity index (χ1) is 8.56. The monoisotopic (exact) mass is 342 g/mol. The third-order valence-electron chi connectivity index (χ3n) is 2.22. The molecule has 5 heteroatoms. The second-order valence-corrected chi connectivity index (χ2v) is 5.94. The Labute approximate surface area is 122 Å². The molecule has 0 bridgehead atoms. The Morgan fingerprint density at radius 1 is 1.11 bits per heavy atom. The molecule has 2 aromatic rings. The van der Waals surface area contributed by atoms with Gasteiger partial charge in [-0.25, -0.2) is 4.79 Å². The number of hydrogen-bond acceptors (Lipinski definition) is 2. The van der Waals surface area contributed by atoms with Gasteiger partial charge in [0.1, 0.15) is 0 Å². The summed E-state index contributed by atoms with van der Waals surface area (Å²) in [6, 6.07) is 12.7. The van der Waals surface area contributed by atoms with Crippen molar-refractivity contribution >= 4 is 45.3 Å². The molecule has 0 fully saturated rings. The van der Waals surface area contributed by atoms with Crippen LogP contribution in [0.3, 0.4) is 0 Å². The Hall–Kier alpha value is -0.970. The van der Waals surface area contributed by atoms with Crippen LogP contribution in [0.4, 0.5) is 0 Å². The first-order valence-electron chi connectivity index (χ1n) is 5.02. The first-order valence-corrected chi connectivity index (χ1v) is 7.01. The molecule has 0 radical (unpaired) electrons. The molecule has 0 aliphatic heterocycles. The van der Waals surface area contributed by atoms with E-state index in [1.807, 2.05) is 18.2 Å². The van der Waals surface area contributed by atoms with Gasteiger partial charge in [0, 0.05) is 19.3 Å². The normalized spacial score (nSPS) is 10.3. The molecule has 0 spiro atoms. The Bertz CT molecular complexity index is 584. The highest BCUT2D eigenvalue weighted by Crippen LogP contribution is 2.31. The maximum Gasteiger partial charge on any atom is 0.336 e. The minimum absolute atomic E-state index is 0.258. The molecule has 2 nitrogen and oxygen atoms in total. The van der Waals surface area contributed by atoms with Gasteiger partial charge in [-0.15, -0.1) is 0 Å². The molecular formula is C13H8BrClO2S. The van der Waals surface area contributed by atoms with Crippen molar-refractivity contribution in [1.29, 1.82) is 0 Å². The van der Waals surface area contributed by atoms with Crippen LogP contribution in [0.15, 0.2) is 56.7 Å². The first kappa shape index (κ1) is 13.5. The minimum atomic E-state index is -0.944. The Kier molecular flexibility index (Phi) is 4.32. The number of rotatable bonds is 3. The lowest BCUT2D eigenvalue weighted by molar-refractivity contribution is 0.0695. The summed E-state index contributed by atoms with van der Waals surface area (Å²) < 4.78 is 0.579. The number of halogens is 2. The van der Waals surface area contributed by atoms with E-state index < -0.39 is 5.97 Å². The van der Waals surface area contributed by atoms with E-state index in [9.17, 15) is 4.79 Å². The second-order valence-electron chi connectivity index (χ2n) is 3.50. The predicted molar refractivity (Wildman–Crippen MR) is 76.7 cm³/mol. The molecule has 0 unspecified atom stereocenters. The van der Waals surface area contributed by atoms with Crippen LogP contribution in [-0.4, -0.2) is 11.1 Å². The second kappa shape index (κ2) is 5.78. The highest BCUT2D eigenvalue weighted by atomic mass is 79.9. The largest absolute Gasteiger partial charge is 0.478 e. The van der Waals surface area contributed by atoms with Crippen LogP contribution in [0.2, 0.25) is 5.02 Å². The summed E-state index contributed by atoms with van der Waals surface area (Å²) in [5.74, 6) is -0.944. The van der Waals surface area contributed by atoms with Crippen molar-refractivity contribution in [3.8, 4) is 0 Å². The average molecular weight is 344 g/mol. The smallest absolute Gasteiger partial charge is 0.336 e. The number of benzene rings is 2. The van der Waals surface area contributed by atoms with Crippen molar-refractivity contribution < 1.29 is 9.90 Å². The summed E-state index contributed by atoms with van der Waals surface area (Å²) in [4.78, 5) is 12.9. The fourth-order valence-corrected chi connectivity index (χ4v) is 2.77. The highest BCUT2D eigenvalue weighted by molar-refractivity contribution is 9.10. The number of carboxylic acid groups (broad SMARTS) is 1. The molecule has 92 valence electrons. The van der Waals surface area contributed by atoms with Crippen molar-refractivity contribution in [3.63, 3.8) is 0 Å². The number of aromatic carboxylic acids is 1. The van der Waals surface area contributed by atoms with E-state index in [0.717, 1.165) is 9.79 Å². The summed E-state index contributed by atoms with van der Waals surface area (Å²) in [5, 5.41) is 9.72. The van der Waals surface area contributed by atoms with Crippen LogP contribution in [0, 0.1) is 0 Å². The molecule has 0 amide bonds. The van der Waals surface area contributed by atoms with Gasteiger partial charge in [-0.05, 0) is 58.4 Å². The zero-order chi connectivity index (χ0) is 13.1. The fourth-order valence-electron chi connectivity index (χ4n) is 1.37. The number of carbonyl (C=O) groups is 1. The molecule has 2 aromatic carbocycles. The standard InChI is InChI=1S/C13H8BrClO2S/c14-12-6-5-10(7-11(12)13(16)17)18-9-3-1-8(15)2-4-9/h1-7H,(H,16,17). The fraction of sp³-hybridized carbons (Fsp3) is 0.